The van der Waals surface area contributed by atoms with Gasteiger partial charge in [0.25, 0.3) is 0 Å². The molecule has 1 fully saturated rings. The molecule has 0 saturated carbocycles. The highest BCUT2D eigenvalue weighted by molar-refractivity contribution is 4.98. The molecule has 0 aromatic rings. The van der Waals surface area contributed by atoms with Crippen LogP contribution in [-0.4, -0.2) is 12.7 Å². The normalized spacial score (nSPS) is 45.4. The van der Waals surface area contributed by atoms with Crippen LogP contribution in [0.25, 0.3) is 0 Å². The van der Waals surface area contributed by atoms with Gasteiger partial charge in [-0.25, -0.2) is 0 Å². The molecule has 1 nitrogen and oxygen atoms in total. The van der Waals surface area contributed by atoms with Crippen LogP contribution in [-0.2, 0) is 4.74 Å². The minimum absolute atomic E-state index is 0.192. The quantitative estimate of drug-likeness (QED) is 0.527. The molecule has 0 bridgehead atoms. The summed E-state index contributed by atoms with van der Waals surface area (Å²) >= 11 is 0. The Morgan fingerprint density at radius 1 is 1.55 bits per heavy atom. The first-order valence-electron chi connectivity index (χ1n) is 4.33. The van der Waals surface area contributed by atoms with Crippen LogP contribution in [0.4, 0.5) is 0 Å². The Hall–Kier alpha value is -0.300. The Morgan fingerprint density at radius 2 is 2.18 bits per heavy atom. The van der Waals surface area contributed by atoms with E-state index in [0.29, 0.717) is 12.0 Å². The fourth-order valence-corrected chi connectivity index (χ4v) is 1.72. The van der Waals surface area contributed by atoms with Crippen LogP contribution in [0.15, 0.2) is 12.7 Å². The fraction of sp³-hybridized carbons (Fsp3) is 0.800. The lowest BCUT2D eigenvalue weighted by Crippen LogP contribution is -2.38. The fourth-order valence-electron chi connectivity index (χ4n) is 1.72. The Kier molecular flexibility index (Phi) is 2.38. The average molecular weight is 154 g/mol. The van der Waals surface area contributed by atoms with E-state index in [4.69, 9.17) is 4.74 Å². The molecule has 0 aromatic heterocycles. The van der Waals surface area contributed by atoms with Crippen LogP contribution < -0.4 is 0 Å². The maximum atomic E-state index is 5.63. The molecule has 0 spiro atoms. The smallest absolute Gasteiger partial charge is 0.0635 e. The highest BCUT2D eigenvalue weighted by atomic mass is 16.5. The highest BCUT2D eigenvalue weighted by Gasteiger charge is 2.34. The van der Waals surface area contributed by atoms with Gasteiger partial charge in [-0.1, -0.05) is 19.9 Å². The van der Waals surface area contributed by atoms with Crippen molar-refractivity contribution in [2.45, 2.75) is 33.3 Å². The van der Waals surface area contributed by atoms with Gasteiger partial charge >= 0.3 is 0 Å². The number of hydrogen-bond acceptors (Lipinski definition) is 1. The van der Waals surface area contributed by atoms with Crippen LogP contribution >= 0.6 is 0 Å². The molecule has 1 aliphatic heterocycles. The van der Waals surface area contributed by atoms with E-state index < -0.39 is 0 Å². The molecule has 64 valence electrons. The minimum atomic E-state index is 0.192. The number of hydrogen-bond donors (Lipinski definition) is 0. The molecule has 3 atom stereocenters. The predicted octanol–water partition coefficient (Wildman–Crippen LogP) is 2.62. The van der Waals surface area contributed by atoms with E-state index in [1.165, 1.54) is 6.42 Å². The molecule has 1 aliphatic rings. The van der Waals surface area contributed by atoms with Crippen molar-refractivity contribution in [1.29, 1.82) is 0 Å². The molecule has 3 unspecified atom stereocenters. The summed E-state index contributed by atoms with van der Waals surface area (Å²) in [4.78, 5) is 0. The van der Waals surface area contributed by atoms with Crippen molar-refractivity contribution in [3.8, 4) is 0 Å². The van der Waals surface area contributed by atoms with Crippen LogP contribution in [0, 0.1) is 11.3 Å². The Balaban J connectivity index is 2.67. The second-order valence-electron chi connectivity index (χ2n) is 3.99. The molecule has 11 heavy (non-hydrogen) atoms. The van der Waals surface area contributed by atoms with E-state index in [1.54, 1.807) is 0 Å². The van der Waals surface area contributed by atoms with Crippen molar-refractivity contribution in [3.63, 3.8) is 0 Å². The molecule has 1 saturated heterocycles. The Morgan fingerprint density at radius 3 is 2.64 bits per heavy atom. The zero-order chi connectivity index (χ0) is 8.48. The van der Waals surface area contributed by atoms with Crippen LogP contribution in [0.5, 0.6) is 0 Å². The van der Waals surface area contributed by atoms with Crippen molar-refractivity contribution in [2.24, 2.45) is 11.3 Å². The lowest BCUT2D eigenvalue weighted by atomic mass is 9.76. The largest absolute Gasteiger partial charge is 0.377 e. The van der Waals surface area contributed by atoms with Crippen molar-refractivity contribution in [1.82, 2.24) is 0 Å². The van der Waals surface area contributed by atoms with Gasteiger partial charge in [0.15, 0.2) is 0 Å². The third kappa shape index (κ3) is 1.64. The number of ether oxygens (including phenoxy) is 1. The third-order valence-electron chi connectivity index (χ3n) is 2.81. The third-order valence-corrected chi connectivity index (χ3v) is 2.81. The molecule has 0 amide bonds. The number of rotatable bonds is 1. The van der Waals surface area contributed by atoms with Gasteiger partial charge in [0.1, 0.15) is 0 Å². The summed E-state index contributed by atoms with van der Waals surface area (Å²) in [7, 11) is 0. The van der Waals surface area contributed by atoms with E-state index >= 15 is 0 Å². The maximum absolute atomic E-state index is 5.63. The van der Waals surface area contributed by atoms with Crippen molar-refractivity contribution in [2.75, 3.05) is 6.61 Å². The summed E-state index contributed by atoms with van der Waals surface area (Å²) in [6.45, 7) is 11.4. The molecule has 1 rings (SSSR count). The van der Waals surface area contributed by atoms with Crippen molar-refractivity contribution >= 4 is 0 Å². The zero-order valence-corrected chi connectivity index (χ0v) is 7.76. The first kappa shape index (κ1) is 8.79. The highest BCUT2D eigenvalue weighted by Crippen LogP contribution is 2.37. The van der Waals surface area contributed by atoms with E-state index in [9.17, 15) is 0 Å². The summed E-state index contributed by atoms with van der Waals surface area (Å²) in [5.41, 5.74) is 0.192. The second kappa shape index (κ2) is 2.98. The maximum Gasteiger partial charge on any atom is 0.0635 e. The van der Waals surface area contributed by atoms with Gasteiger partial charge in [-0.05, 0) is 19.3 Å². The molecular weight excluding hydrogens is 136 g/mol. The van der Waals surface area contributed by atoms with Crippen LogP contribution in [0.2, 0.25) is 0 Å². The zero-order valence-electron chi connectivity index (χ0n) is 7.76. The minimum Gasteiger partial charge on any atom is -0.377 e. The van der Waals surface area contributed by atoms with Gasteiger partial charge in [-0.3, -0.25) is 0 Å². The standard InChI is InChI=1S/C10H18O/c1-5-10(4)6-8(2)7-11-9(10)3/h5,8-9H,1,6-7H2,2-4H3. The predicted molar refractivity (Wildman–Crippen MR) is 47.5 cm³/mol. The summed E-state index contributed by atoms with van der Waals surface area (Å²) in [5.74, 6) is 0.675. The Bertz CT molecular complexity index is 153. The topological polar surface area (TPSA) is 9.23 Å². The SMILES string of the molecule is C=CC1(C)CC(C)COC1C. The van der Waals surface area contributed by atoms with Gasteiger partial charge in [0, 0.05) is 12.0 Å². The molecule has 1 heterocycles. The van der Waals surface area contributed by atoms with Crippen molar-refractivity contribution < 1.29 is 4.74 Å². The van der Waals surface area contributed by atoms with Crippen LogP contribution in [0.3, 0.4) is 0 Å². The van der Waals surface area contributed by atoms with Crippen molar-refractivity contribution in [3.05, 3.63) is 12.7 Å². The molecular formula is C10H18O. The molecule has 1 heteroatoms. The van der Waals surface area contributed by atoms with Gasteiger partial charge in [0.05, 0.1) is 6.10 Å². The molecule has 0 N–H and O–H groups in total. The summed E-state index contributed by atoms with van der Waals surface area (Å²) in [5, 5.41) is 0. The first-order chi connectivity index (χ1) is 5.08. The van der Waals surface area contributed by atoms with E-state index in [-0.39, 0.29) is 5.41 Å². The monoisotopic (exact) mass is 154 g/mol. The van der Waals surface area contributed by atoms with Gasteiger partial charge in [0.2, 0.25) is 0 Å². The van der Waals surface area contributed by atoms with Crippen LogP contribution in [0.1, 0.15) is 27.2 Å². The average Bonchev–Trinajstić information content (AvgIpc) is 1.98. The first-order valence-corrected chi connectivity index (χ1v) is 4.33. The molecule has 0 aromatic carbocycles. The van der Waals surface area contributed by atoms with E-state index in [1.807, 2.05) is 6.08 Å². The lowest BCUT2D eigenvalue weighted by Gasteiger charge is -2.40. The Labute approximate surface area is 69.4 Å². The summed E-state index contributed by atoms with van der Waals surface area (Å²) in [6, 6.07) is 0. The van der Waals surface area contributed by atoms with E-state index in [0.717, 1.165) is 6.61 Å². The summed E-state index contributed by atoms with van der Waals surface area (Å²) in [6.07, 6.45) is 3.57. The molecule has 0 aliphatic carbocycles. The second-order valence-corrected chi connectivity index (χ2v) is 3.99. The lowest BCUT2D eigenvalue weighted by molar-refractivity contribution is -0.0675. The summed E-state index contributed by atoms with van der Waals surface area (Å²) < 4.78 is 5.63. The van der Waals surface area contributed by atoms with Gasteiger partial charge in [-0.2, -0.15) is 0 Å². The van der Waals surface area contributed by atoms with E-state index in [2.05, 4.69) is 27.4 Å². The molecule has 0 radical (unpaired) electrons. The van der Waals surface area contributed by atoms with Gasteiger partial charge < -0.3 is 4.74 Å². The van der Waals surface area contributed by atoms with Gasteiger partial charge in [-0.15, -0.1) is 6.58 Å².